The monoisotopic (exact) mass is 236 g/mol. The number of benzene rings is 1. The molecule has 0 amide bonds. The second-order valence-corrected chi connectivity index (χ2v) is 5.17. The third-order valence-corrected chi connectivity index (χ3v) is 3.73. The van der Waals surface area contributed by atoms with Gasteiger partial charge in [0.2, 0.25) is 0 Å². The fourth-order valence-electron chi connectivity index (χ4n) is 2.55. The minimum absolute atomic E-state index is 0.153. The summed E-state index contributed by atoms with van der Waals surface area (Å²) in [6, 6.07) is 5.91. The Morgan fingerprint density at radius 1 is 1.47 bits per heavy atom. The van der Waals surface area contributed by atoms with Gasteiger partial charge < -0.3 is 5.73 Å². The number of rotatable bonds is 2. The van der Waals surface area contributed by atoms with E-state index in [1.807, 2.05) is 13.0 Å². The number of likely N-dealkylation sites (tertiary alicyclic amines) is 1. The highest BCUT2D eigenvalue weighted by molar-refractivity contribution is 5.26. The van der Waals surface area contributed by atoms with Crippen molar-refractivity contribution < 1.29 is 4.39 Å². The molecule has 2 nitrogen and oxygen atoms in total. The predicted molar refractivity (Wildman–Crippen MR) is 68.2 cm³/mol. The normalized spacial score (nSPS) is 26.1. The predicted octanol–water partition coefficient (Wildman–Crippen LogP) is 2.45. The molecule has 0 aliphatic carbocycles. The van der Waals surface area contributed by atoms with E-state index in [9.17, 15) is 4.39 Å². The van der Waals surface area contributed by atoms with Crippen LogP contribution in [0.2, 0.25) is 0 Å². The Bertz CT molecular complexity index is 392. The van der Waals surface area contributed by atoms with Gasteiger partial charge >= 0.3 is 0 Å². The van der Waals surface area contributed by atoms with E-state index in [0.717, 1.165) is 31.5 Å². The van der Waals surface area contributed by atoms with E-state index >= 15 is 0 Å². The van der Waals surface area contributed by atoms with Gasteiger partial charge in [0.05, 0.1) is 0 Å². The van der Waals surface area contributed by atoms with Crippen LogP contribution in [0.4, 0.5) is 4.39 Å². The number of aryl methyl sites for hydroxylation is 1. The van der Waals surface area contributed by atoms with Gasteiger partial charge in [-0.1, -0.05) is 6.07 Å². The number of nitrogens with two attached hydrogens (primary N) is 1. The first kappa shape index (κ1) is 12.5. The van der Waals surface area contributed by atoms with Crippen molar-refractivity contribution in [2.75, 3.05) is 6.54 Å². The molecule has 94 valence electrons. The zero-order chi connectivity index (χ0) is 12.4. The third kappa shape index (κ3) is 3.05. The number of nitrogens with zero attached hydrogens (tertiary/aromatic N) is 1. The molecule has 1 aliphatic heterocycles. The van der Waals surface area contributed by atoms with E-state index in [1.165, 1.54) is 5.56 Å². The smallest absolute Gasteiger partial charge is 0.123 e. The van der Waals surface area contributed by atoms with Crippen LogP contribution in [0.1, 0.15) is 30.9 Å². The Balaban J connectivity index is 2.05. The molecule has 0 bridgehead atoms. The lowest BCUT2D eigenvalue weighted by Crippen LogP contribution is -2.45. The molecule has 1 aliphatic rings. The molecule has 1 aromatic rings. The van der Waals surface area contributed by atoms with Gasteiger partial charge in [0.15, 0.2) is 0 Å². The van der Waals surface area contributed by atoms with Crippen molar-refractivity contribution in [3.63, 3.8) is 0 Å². The fraction of sp³-hybridized carbons (Fsp3) is 0.571. The van der Waals surface area contributed by atoms with Crippen molar-refractivity contribution in [2.24, 2.45) is 5.73 Å². The van der Waals surface area contributed by atoms with Crippen LogP contribution in [-0.2, 0) is 6.54 Å². The maximum atomic E-state index is 13.0. The Morgan fingerprint density at radius 3 is 2.88 bits per heavy atom. The molecule has 0 spiro atoms. The minimum atomic E-state index is -0.153. The lowest BCUT2D eigenvalue weighted by Gasteiger charge is -2.36. The van der Waals surface area contributed by atoms with Gasteiger partial charge in [-0.3, -0.25) is 4.90 Å². The van der Waals surface area contributed by atoms with Crippen molar-refractivity contribution in [3.05, 3.63) is 35.1 Å². The quantitative estimate of drug-likeness (QED) is 0.854. The molecule has 0 radical (unpaired) electrons. The largest absolute Gasteiger partial charge is 0.328 e. The van der Waals surface area contributed by atoms with Crippen LogP contribution in [0, 0.1) is 12.7 Å². The van der Waals surface area contributed by atoms with E-state index in [0.29, 0.717) is 12.1 Å². The van der Waals surface area contributed by atoms with Crippen molar-refractivity contribution in [1.82, 2.24) is 4.90 Å². The molecule has 1 saturated heterocycles. The number of halogens is 1. The van der Waals surface area contributed by atoms with Crippen molar-refractivity contribution in [3.8, 4) is 0 Å². The molecule has 1 aromatic carbocycles. The maximum Gasteiger partial charge on any atom is 0.123 e. The average molecular weight is 236 g/mol. The zero-order valence-electron chi connectivity index (χ0n) is 10.6. The molecular formula is C14H21FN2. The van der Waals surface area contributed by atoms with Crippen LogP contribution >= 0.6 is 0 Å². The summed E-state index contributed by atoms with van der Waals surface area (Å²) < 4.78 is 13.0. The molecular weight excluding hydrogens is 215 g/mol. The van der Waals surface area contributed by atoms with E-state index in [-0.39, 0.29) is 5.82 Å². The molecule has 1 heterocycles. The van der Waals surface area contributed by atoms with E-state index in [1.54, 1.807) is 12.1 Å². The Morgan fingerprint density at radius 2 is 2.24 bits per heavy atom. The number of piperidine rings is 1. The summed E-state index contributed by atoms with van der Waals surface area (Å²) in [5.41, 5.74) is 8.20. The Hall–Kier alpha value is -0.930. The topological polar surface area (TPSA) is 29.3 Å². The van der Waals surface area contributed by atoms with Gasteiger partial charge in [0, 0.05) is 25.2 Å². The summed E-state index contributed by atoms with van der Waals surface area (Å²) >= 11 is 0. The Kier molecular flexibility index (Phi) is 3.79. The highest BCUT2D eigenvalue weighted by Gasteiger charge is 2.23. The standard InChI is InChI=1S/C14H21FN2/c1-10-7-13(15)4-3-12(10)9-17-6-5-14(16)8-11(17)2/h3-4,7,11,14H,5-6,8-9,16H2,1-2H3. The average Bonchev–Trinajstić information content (AvgIpc) is 2.25. The van der Waals surface area contributed by atoms with Gasteiger partial charge in [-0.2, -0.15) is 0 Å². The highest BCUT2D eigenvalue weighted by atomic mass is 19.1. The molecule has 2 rings (SSSR count). The van der Waals surface area contributed by atoms with Gasteiger partial charge in [0.25, 0.3) is 0 Å². The molecule has 3 heteroatoms. The van der Waals surface area contributed by atoms with Crippen LogP contribution in [-0.4, -0.2) is 23.5 Å². The molecule has 2 atom stereocenters. The molecule has 17 heavy (non-hydrogen) atoms. The third-order valence-electron chi connectivity index (χ3n) is 3.73. The van der Waals surface area contributed by atoms with E-state index in [2.05, 4.69) is 11.8 Å². The van der Waals surface area contributed by atoms with Gasteiger partial charge in [-0.05, 0) is 49.9 Å². The summed E-state index contributed by atoms with van der Waals surface area (Å²) in [7, 11) is 0. The summed E-state index contributed by atoms with van der Waals surface area (Å²) in [5, 5.41) is 0. The van der Waals surface area contributed by atoms with Crippen molar-refractivity contribution in [2.45, 2.75) is 45.3 Å². The van der Waals surface area contributed by atoms with Crippen LogP contribution in [0.5, 0.6) is 0 Å². The first-order chi connectivity index (χ1) is 8.06. The Labute approximate surface area is 103 Å². The maximum absolute atomic E-state index is 13.0. The molecule has 0 saturated carbocycles. The van der Waals surface area contributed by atoms with Gasteiger partial charge in [-0.15, -0.1) is 0 Å². The summed E-state index contributed by atoms with van der Waals surface area (Å²) in [6.45, 7) is 6.13. The second kappa shape index (κ2) is 5.15. The molecule has 2 N–H and O–H groups in total. The van der Waals surface area contributed by atoms with Crippen LogP contribution < -0.4 is 5.73 Å². The zero-order valence-corrected chi connectivity index (χ0v) is 10.6. The summed E-state index contributed by atoms with van der Waals surface area (Å²) in [4.78, 5) is 2.43. The molecule has 1 fully saturated rings. The van der Waals surface area contributed by atoms with E-state index < -0.39 is 0 Å². The fourth-order valence-corrected chi connectivity index (χ4v) is 2.55. The van der Waals surface area contributed by atoms with Crippen molar-refractivity contribution >= 4 is 0 Å². The SMILES string of the molecule is Cc1cc(F)ccc1CN1CCC(N)CC1C. The minimum Gasteiger partial charge on any atom is -0.328 e. The van der Waals surface area contributed by atoms with Crippen LogP contribution in [0.25, 0.3) is 0 Å². The summed E-state index contributed by atoms with van der Waals surface area (Å²) in [6.07, 6.45) is 2.12. The van der Waals surface area contributed by atoms with Crippen molar-refractivity contribution in [1.29, 1.82) is 0 Å². The first-order valence-corrected chi connectivity index (χ1v) is 6.31. The molecule has 0 aromatic heterocycles. The van der Waals surface area contributed by atoms with Crippen LogP contribution in [0.3, 0.4) is 0 Å². The molecule has 2 unspecified atom stereocenters. The lowest BCUT2D eigenvalue weighted by molar-refractivity contribution is 0.139. The first-order valence-electron chi connectivity index (χ1n) is 6.31. The number of hydrogen-bond acceptors (Lipinski definition) is 2. The summed E-state index contributed by atoms with van der Waals surface area (Å²) in [5.74, 6) is -0.153. The number of hydrogen-bond donors (Lipinski definition) is 1. The van der Waals surface area contributed by atoms with Gasteiger partial charge in [-0.25, -0.2) is 4.39 Å². The van der Waals surface area contributed by atoms with E-state index in [4.69, 9.17) is 5.73 Å². The highest BCUT2D eigenvalue weighted by Crippen LogP contribution is 2.20. The lowest BCUT2D eigenvalue weighted by atomic mass is 9.98. The second-order valence-electron chi connectivity index (χ2n) is 5.17. The van der Waals surface area contributed by atoms with Crippen LogP contribution in [0.15, 0.2) is 18.2 Å². The van der Waals surface area contributed by atoms with Gasteiger partial charge in [0.1, 0.15) is 5.82 Å².